The molecule has 0 saturated carbocycles. The molecule has 0 spiro atoms. The predicted molar refractivity (Wildman–Crippen MR) is 81.8 cm³/mol. The largest absolute Gasteiger partial charge is 0.385 e. The van der Waals surface area contributed by atoms with Gasteiger partial charge in [0.05, 0.1) is 10.2 Å². The van der Waals surface area contributed by atoms with Gasteiger partial charge in [-0.25, -0.2) is 9.37 Å². The summed E-state index contributed by atoms with van der Waals surface area (Å²) in [6.07, 6.45) is 2.21. The van der Waals surface area contributed by atoms with Crippen molar-refractivity contribution < 1.29 is 4.39 Å². The summed E-state index contributed by atoms with van der Waals surface area (Å²) in [5.74, 6) is -0.204. The first-order valence-electron chi connectivity index (χ1n) is 6.73. The number of rotatable bonds is 1. The predicted octanol–water partition coefficient (Wildman–Crippen LogP) is 4.46. The van der Waals surface area contributed by atoms with Crippen LogP contribution in [0.3, 0.4) is 0 Å². The van der Waals surface area contributed by atoms with Gasteiger partial charge in [-0.2, -0.15) is 0 Å². The Morgan fingerprint density at radius 1 is 1.20 bits per heavy atom. The van der Waals surface area contributed by atoms with Gasteiger partial charge in [0.15, 0.2) is 0 Å². The van der Waals surface area contributed by atoms with Crippen LogP contribution in [0.4, 0.5) is 10.1 Å². The highest BCUT2D eigenvalue weighted by atomic mass is 32.1. The number of thiazole rings is 1. The lowest BCUT2D eigenvalue weighted by Gasteiger charge is -2.20. The summed E-state index contributed by atoms with van der Waals surface area (Å²) in [5, 5.41) is 4.41. The minimum absolute atomic E-state index is 0.204. The molecule has 1 N–H and O–H groups in total. The Balaban J connectivity index is 1.90. The number of hydrogen-bond acceptors (Lipinski definition) is 3. The molecule has 0 aliphatic carbocycles. The van der Waals surface area contributed by atoms with Crippen LogP contribution in [0.25, 0.3) is 20.8 Å². The Labute approximate surface area is 120 Å². The zero-order valence-corrected chi connectivity index (χ0v) is 11.6. The van der Waals surface area contributed by atoms with Gasteiger partial charge in [-0.05, 0) is 42.7 Å². The maximum absolute atomic E-state index is 13.3. The van der Waals surface area contributed by atoms with Crippen LogP contribution in [0.1, 0.15) is 12.0 Å². The average Bonchev–Trinajstić information content (AvgIpc) is 2.89. The van der Waals surface area contributed by atoms with Gasteiger partial charge in [-0.15, -0.1) is 11.3 Å². The monoisotopic (exact) mass is 284 g/mol. The molecular formula is C16H13FN2S. The normalized spacial score (nSPS) is 14.1. The maximum Gasteiger partial charge on any atom is 0.124 e. The van der Waals surface area contributed by atoms with Crippen LogP contribution in [-0.2, 0) is 6.42 Å². The molecule has 1 aliphatic rings. The van der Waals surface area contributed by atoms with Gasteiger partial charge in [0.25, 0.3) is 0 Å². The molecule has 1 aliphatic heterocycles. The van der Waals surface area contributed by atoms with Gasteiger partial charge in [0.1, 0.15) is 10.8 Å². The van der Waals surface area contributed by atoms with E-state index in [0.717, 1.165) is 34.6 Å². The lowest BCUT2D eigenvalue weighted by atomic mass is 9.98. The standard InChI is InChI=1S/C16H13FN2S/c17-10-6-7-14-15(9-10)20-16(19-14)12-3-1-5-13-11(12)4-2-8-18-13/h1,3,5-7,9,18H,2,4,8H2. The summed E-state index contributed by atoms with van der Waals surface area (Å²) in [4.78, 5) is 4.66. The van der Waals surface area contributed by atoms with Crippen LogP contribution in [0.5, 0.6) is 0 Å². The number of hydrogen-bond donors (Lipinski definition) is 1. The number of nitrogens with one attached hydrogen (secondary N) is 1. The average molecular weight is 284 g/mol. The minimum atomic E-state index is -0.204. The van der Waals surface area contributed by atoms with E-state index in [-0.39, 0.29) is 5.82 Å². The van der Waals surface area contributed by atoms with Crippen molar-refractivity contribution in [1.82, 2.24) is 4.98 Å². The summed E-state index contributed by atoms with van der Waals surface area (Å²) in [5.41, 5.74) is 4.58. The molecule has 0 radical (unpaired) electrons. The van der Waals surface area contributed by atoms with E-state index in [1.807, 2.05) is 0 Å². The van der Waals surface area contributed by atoms with E-state index in [1.54, 1.807) is 23.5 Å². The quantitative estimate of drug-likeness (QED) is 0.713. The zero-order valence-electron chi connectivity index (χ0n) is 10.8. The molecule has 100 valence electrons. The van der Waals surface area contributed by atoms with E-state index in [9.17, 15) is 4.39 Å². The summed E-state index contributed by atoms with van der Waals surface area (Å²) in [6, 6.07) is 11.1. The molecule has 0 atom stereocenters. The Morgan fingerprint density at radius 2 is 2.15 bits per heavy atom. The molecule has 2 heterocycles. The Hall–Kier alpha value is -1.94. The lowest BCUT2D eigenvalue weighted by molar-refractivity contribution is 0.630. The number of aromatic nitrogens is 1. The van der Waals surface area contributed by atoms with Crippen LogP contribution in [-0.4, -0.2) is 11.5 Å². The van der Waals surface area contributed by atoms with Crippen molar-refractivity contribution in [3.05, 3.63) is 47.8 Å². The molecule has 2 aromatic carbocycles. The van der Waals surface area contributed by atoms with Gasteiger partial charge in [-0.3, -0.25) is 0 Å². The second-order valence-electron chi connectivity index (χ2n) is 4.99. The molecule has 3 aromatic rings. The first-order valence-corrected chi connectivity index (χ1v) is 7.55. The maximum atomic E-state index is 13.3. The first-order chi connectivity index (χ1) is 9.81. The van der Waals surface area contributed by atoms with E-state index >= 15 is 0 Å². The van der Waals surface area contributed by atoms with Crippen molar-refractivity contribution in [3.63, 3.8) is 0 Å². The van der Waals surface area contributed by atoms with E-state index in [4.69, 9.17) is 0 Å². The van der Waals surface area contributed by atoms with Gasteiger partial charge in [-0.1, -0.05) is 12.1 Å². The van der Waals surface area contributed by atoms with Gasteiger partial charge >= 0.3 is 0 Å². The van der Waals surface area contributed by atoms with Crippen molar-refractivity contribution in [2.75, 3.05) is 11.9 Å². The fraction of sp³-hybridized carbons (Fsp3) is 0.188. The number of anilines is 1. The topological polar surface area (TPSA) is 24.9 Å². The molecule has 2 nitrogen and oxygen atoms in total. The van der Waals surface area contributed by atoms with Crippen molar-refractivity contribution in [3.8, 4) is 10.6 Å². The van der Waals surface area contributed by atoms with Crippen LogP contribution in [0, 0.1) is 5.82 Å². The zero-order chi connectivity index (χ0) is 13.5. The van der Waals surface area contributed by atoms with Crippen molar-refractivity contribution in [1.29, 1.82) is 0 Å². The third-order valence-electron chi connectivity index (χ3n) is 3.68. The number of nitrogens with zero attached hydrogens (tertiary/aromatic N) is 1. The van der Waals surface area contributed by atoms with Gasteiger partial charge < -0.3 is 5.32 Å². The Kier molecular flexibility index (Phi) is 2.70. The fourth-order valence-electron chi connectivity index (χ4n) is 2.72. The van der Waals surface area contributed by atoms with E-state index < -0.39 is 0 Å². The Morgan fingerprint density at radius 3 is 3.10 bits per heavy atom. The summed E-state index contributed by atoms with van der Waals surface area (Å²) in [7, 11) is 0. The van der Waals surface area contributed by atoms with Crippen LogP contribution >= 0.6 is 11.3 Å². The smallest absolute Gasteiger partial charge is 0.124 e. The van der Waals surface area contributed by atoms with Gasteiger partial charge in [0, 0.05) is 17.8 Å². The molecule has 1 aromatic heterocycles. The molecule has 0 bridgehead atoms. The van der Waals surface area contributed by atoms with Crippen LogP contribution in [0.15, 0.2) is 36.4 Å². The highest BCUT2D eigenvalue weighted by Crippen LogP contribution is 2.36. The number of benzene rings is 2. The van der Waals surface area contributed by atoms with Crippen molar-refractivity contribution in [2.24, 2.45) is 0 Å². The highest BCUT2D eigenvalue weighted by Gasteiger charge is 2.16. The molecule has 4 heteroatoms. The number of halogens is 1. The summed E-state index contributed by atoms with van der Waals surface area (Å²) >= 11 is 1.56. The van der Waals surface area contributed by atoms with Crippen LogP contribution < -0.4 is 5.32 Å². The Bertz CT molecular complexity index is 794. The molecular weight excluding hydrogens is 271 g/mol. The van der Waals surface area contributed by atoms with Crippen molar-refractivity contribution in [2.45, 2.75) is 12.8 Å². The lowest BCUT2D eigenvalue weighted by Crippen LogP contribution is -2.12. The molecule has 0 amide bonds. The second kappa shape index (κ2) is 4.56. The van der Waals surface area contributed by atoms with Gasteiger partial charge in [0.2, 0.25) is 0 Å². The molecule has 0 unspecified atom stereocenters. The third kappa shape index (κ3) is 1.88. The summed E-state index contributed by atoms with van der Waals surface area (Å²) in [6.45, 7) is 1.03. The highest BCUT2D eigenvalue weighted by molar-refractivity contribution is 7.21. The first kappa shape index (κ1) is 11.9. The van der Waals surface area contributed by atoms with Crippen LogP contribution in [0.2, 0.25) is 0 Å². The third-order valence-corrected chi connectivity index (χ3v) is 4.73. The van der Waals surface area contributed by atoms with E-state index in [2.05, 4.69) is 28.5 Å². The SMILES string of the molecule is Fc1ccc2nc(-c3cccc4c3CCCN4)sc2c1. The minimum Gasteiger partial charge on any atom is -0.385 e. The van der Waals surface area contributed by atoms with E-state index in [0.29, 0.717) is 0 Å². The number of fused-ring (bicyclic) bond motifs is 2. The molecule has 20 heavy (non-hydrogen) atoms. The fourth-order valence-corrected chi connectivity index (χ4v) is 3.77. The summed E-state index contributed by atoms with van der Waals surface area (Å²) < 4.78 is 14.2. The molecule has 4 rings (SSSR count). The van der Waals surface area contributed by atoms with Crippen molar-refractivity contribution >= 4 is 27.2 Å². The molecule has 0 fully saturated rings. The molecule has 0 saturated heterocycles. The second-order valence-corrected chi connectivity index (χ2v) is 6.02. The van der Waals surface area contributed by atoms with E-state index in [1.165, 1.54) is 22.9 Å².